The molecule has 46 atom stereocenters. The summed E-state index contributed by atoms with van der Waals surface area (Å²) < 4.78 is 42.6. The van der Waals surface area contributed by atoms with Crippen LogP contribution in [0.15, 0.2) is 158 Å². The first-order chi connectivity index (χ1) is 61.5. The highest BCUT2D eigenvalue weighted by molar-refractivity contribution is 5.76. The summed E-state index contributed by atoms with van der Waals surface area (Å²) in [7, 11) is 3.48. The molecule has 26 bridgehead atoms. The molecule has 2 N–H and O–H groups in total. The molecule has 16 aliphatic carbocycles. The van der Waals surface area contributed by atoms with Crippen molar-refractivity contribution in [3.05, 3.63) is 158 Å². The minimum Gasteiger partial charge on any atom is -0.481 e. The van der Waals surface area contributed by atoms with Crippen molar-refractivity contribution in [1.82, 2.24) is 5.32 Å². The maximum Gasteiger partial charge on any atom is 0.312 e. The molecule has 46 unspecified atom stereocenters. The predicted octanol–water partition coefficient (Wildman–Crippen LogP) is 23.5. The first kappa shape index (κ1) is 98.3. The van der Waals surface area contributed by atoms with Gasteiger partial charge < -0.3 is 48.3 Å². The topological polar surface area (TPSA) is 174 Å². The summed E-state index contributed by atoms with van der Waals surface area (Å²) in [5.74, 6) is 25.5. The van der Waals surface area contributed by atoms with E-state index in [1.165, 1.54) is 104 Å². The summed E-state index contributed by atoms with van der Waals surface area (Å²) in [6, 6.07) is 0. The van der Waals surface area contributed by atoms with E-state index in [1.54, 1.807) is 0 Å². The lowest BCUT2D eigenvalue weighted by Crippen LogP contribution is -2.31. The van der Waals surface area contributed by atoms with Crippen LogP contribution in [0.4, 0.5) is 0 Å². The Morgan fingerprint density at radius 2 is 0.578 bits per heavy atom. The van der Waals surface area contributed by atoms with Crippen LogP contribution in [0.5, 0.6) is 0 Å². The number of fused-ring (bicyclic) bond motifs is 26. The van der Waals surface area contributed by atoms with Crippen LogP contribution in [0.3, 0.4) is 0 Å². The van der Waals surface area contributed by atoms with Gasteiger partial charge in [-0.1, -0.05) is 275 Å². The highest BCUT2D eigenvalue weighted by Crippen LogP contribution is 2.53. The number of rotatable bonds is 10. The lowest BCUT2D eigenvalue weighted by molar-refractivity contribution is -0.151. The fourth-order valence-electron chi connectivity index (χ4n) is 27.2. The van der Waals surface area contributed by atoms with Crippen LogP contribution in [0.25, 0.3) is 0 Å². The summed E-state index contributed by atoms with van der Waals surface area (Å²) in [5, 5.41) is 12.1. The van der Waals surface area contributed by atoms with Gasteiger partial charge in [-0.25, -0.2) is 0 Å². The van der Waals surface area contributed by atoms with Crippen LogP contribution < -0.4 is 5.32 Å². The molecular formula is C114H169NO13. The molecule has 5 saturated heterocycles. The average Bonchev–Trinajstić information content (AvgIpc) is 1.63. The summed E-state index contributed by atoms with van der Waals surface area (Å²) >= 11 is 0. The number of carboxylic acid groups (broad SMARTS) is 1. The van der Waals surface area contributed by atoms with E-state index in [-0.39, 0.29) is 114 Å². The SMILES string of the molecule is C1=CC2CCC1C2.CC1C2C=CC(C2)C1C.CC1C2C=CC(C2)C1C.CC1C2C=CC(O2)C1C.CC1C2C=CC(O2)C1C(=O)O.CC1CC2C=CC1C2.CC1CC2C=CC1C2.CC1CC2C=CC1C2.CC1CC2C=CC1C2.CCCCOC(=O)C1C2C=CC(O2)C1C.CCOC(=O)C1C2C=CC(O2)C1C.CNCC1C2C=CC(C2)C1C.COC(=O)C1C2C=CC(O2)C1C. The summed E-state index contributed by atoms with van der Waals surface area (Å²) in [5.41, 5.74) is 0. The smallest absolute Gasteiger partial charge is 0.312 e. The number of allylic oxidation sites excluding steroid dienone is 16. The van der Waals surface area contributed by atoms with Gasteiger partial charge in [0.15, 0.2) is 0 Å². The zero-order valence-electron chi connectivity index (χ0n) is 81.9. The number of hydrogen-bond acceptors (Lipinski definition) is 13. The second-order valence-electron chi connectivity index (χ2n) is 44.8. The molecule has 0 radical (unpaired) electrons. The third-order valence-electron chi connectivity index (χ3n) is 36.7. The van der Waals surface area contributed by atoms with E-state index in [1.807, 2.05) is 76.3 Å². The summed E-state index contributed by atoms with van der Waals surface area (Å²) in [6.45, 7) is 40.1. The van der Waals surface area contributed by atoms with Gasteiger partial charge >= 0.3 is 23.9 Å². The van der Waals surface area contributed by atoms with Crippen LogP contribution in [0.1, 0.15) is 220 Å². The molecule has 26 rings (SSSR count). The molecule has 0 aromatic heterocycles. The number of esters is 3. The number of carboxylic acids is 1. The number of methoxy groups -OCH3 is 1. The van der Waals surface area contributed by atoms with Gasteiger partial charge in [-0.15, -0.1) is 0 Å². The highest BCUT2D eigenvalue weighted by Gasteiger charge is 2.53. The Kier molecular flexibility index (Phi) is 34.2. The maximum atomic E-state index is 11.8. The zero-order chi connectivity index (χ0) is 91.1. The highest BCUT2D eigenvalue weighted by atomic mass is 16.6. The Labute approximate surface area is 773 Å². The third kappa shape index (κ3) is 22.9. The van der Waals surface area contributed by atoms with Crippen molar-refractivity contribution < 1.29 is 62.2 Å². The van der Waals surface area contributed by atoms with Crippen molar-refractivity contribution in [2.45, 2.75) is 281 Å². The molecule has 14 heteroatoms. The summed E-state index contributed by atoms with van der Waals surface area (Å²) in [6.07, 6.45) is 82.0. The zero-order valence-corrected chi connectivity index (χ0v) is 81.9. The molecule has 13 fully saturated rings. The van der Waals surface area contributed by atoms with Crippen molar-refractivity contribution in [1.29, 1.82) is 0 Å². The van der Waals surface area contributed by atoms with E-state index < -0.39 is 5.97 Å². The van der Waals surface area contributed by atoms with Gasteiger partial charge in [0.1, 0.15) is 0 Å². The summed E-state index contributed by atoms with van der Waals surface area (Å²) in [4.78, 5) is 45.3. The van der Waals surface area contributed by atoms with E-state index in [0.717, 1.165) is 179 Å². The van der Waals surface area contributed by atoms with Gasteiger partial charge in [0, 0.05) is 23.7 Å². The van der Waals surface area contributed by atoms with Crippen LogP contribution in [-0.4, -0.2) is 124 Å². The second kappa shape index (κ2) is 44.6. The van der Waals surface area contributed by atoms with Crippen molar-refractivity contribution in [2.24, 2.45) is 213 Å². The standard InChI is InChI=1S/C12H18O3.C10H17N.C10H14O3.C9H12O3.2C9H14.C8H10O3.C8H12O.4C8H12.C7H10/c1-3-4-7-14-12(13)11-8(2)9-5-6-10(11)15-9;1-7-8-3-4-9(5-8)10(7)6-11-2;1-3-12-10(11)9-6(2)7-4-5-8(9)13-7;1-5-6-3-4-7(12-6)8(5)9(10)11-2;2*1-6-7(2)9-4-3-8(6)5-9;1-4-5-2-3-6(11-5)7(4)8(9)10;1-5-6(2)8-4-3-7(5)9-8;4*1-6-4-7-2-3-8(6)5-7;1-2-7-4-3-6(1)5-7/h5-6,8-11H,3-4,7H2,1-2H3;3-4,7-11H,5-6H2,1-2H3;4-9H,3H2,1-2H3;3-8H,1-2H3;2*3-4,6-9H,5H2,1-2H3;2-7H,1H3,(H,9,10);3-8H,1-2H3;4*2-3,6-8H,4-5H2,1H3;1-2,6-7H,3-5H2. The molecule has 0 aromatic rings. The van der Waals surface area contributed by atoms with E-state index in [4.69, 9.17) is 43.0 Å². The van der Waals surface area contributed by atoms with Crippen LogP contribution in [0.2, 0.25) is 0 Å². The average molecular weight is 1760 g/mol. The van der Waals surface area contributed by atoms with Gasteiger partial charge in [0.05, 0.1) is 105 Å². The van der Waals surface area contributed by atoms with Crippen molar-refractivity contribution in [3.63, 3.8) is 0 Å². The largest absolute Gasteiger partial charge is 0.481 e. The molecule has 0 spiro atoms. The molecule has 26 aliphatic rings. The normalized spacial score (nSPS) is 47.5. The Morgan fingerprint density at radius 3 is 0.773 bits per heavy atom. The minimum atomic E-state index is -0.741. The lowest BCUT2D eigenvalue weighted by atomic mass is 9.84. The Hall–Kier alpha value is -5.74. The van der Waals surface area contributed by atoms with Crippen molar-refractivity contribution in [2.75, 3.05) is 33.9 Å². The molecular weight excluding hydrogens is 1590 g/mol. The van der Waals surface area contributed by atoms with Crippen LogP contribution in [0, 0.1) is 213 Å². The first-order valence-corrected chi connectivity index (χ1v) is 51.9. The molecule has 10 aliphatic heterocycles. The monoisotopic (exact) mass is 1760 g/mol. The Morgan fingerprint density at radius 1 is 0.297 bits per heavy atom. The van der Waals surface area contributed by atoms with Crippen LogP contribution >= 0.6 is 0 Å². The third-order valence-corrected chi connectivity index (χ3v) is 36.7. The quantitative estimate of drug-likeness (QED) is 0.0915. The number of carbonyl (C=O) groups excluding carboxylic acids is 3. The van der Waals surface area contributed by atoms with E-state index >= 15 is 0 Å². The molecule has 0 amide bonds. The molecule has 128 heavy (non-hydrogen) atoms. The minimum absolute atomic E-state index is 0.0425. The van der Waals surface area contributed by atoms with Crippen molar-refractivity contribution >= 4 is 23.9 Å². The molecule has 0 aromatic carbocycles. The fraction of sp³-hybridized carbons (Fsp3) is 0.737. The maximum absolute atomic E-state index is 11.8. The molecule has 10 heterocycles. The second-order valence-corrected chi connectivity index (χ2v) is 44.8. The Balaban J connectivity index is 0.000000113. The Bertz CT molecular complexity index is 3800. The van der Waals surface area contributed by atoms with E-state index in [2.05, 4.69) is 212 Å². The molecule has 14 nitrogen and oxygen atoms in total. The first-order valence-electron chi connectivity index (χ1n) is 51.9. The lowest BCUT2D eigenvalue weighted by Gasteiger charge is -2.24. The number of aliphatic carboxylic acids is 1. The van der Waals surface area contributed by atoms with Gasteiger partial charge in [-0.05, 0) is 283 Å². The number of carbonyl (C=O) groups is 4. The van der Waals surface area contributed by atoms with Gasteiger partial charge in [-0.2, -0.15) is 0 Å². The number of hydrogen-bond donors (Lipinski definition) is 2. The van der Waals surface area contributed by atoms with E-state index in [0.29, 0.717) is 25.4 Å². The van der Waals surface area contributed by atoms with Gasteiger partial charge in [0.2, 0.25) is 0 Å². The number of nitrogens with one attached hydrogen (secondary N) is 1. The van der Waals surface area contributed by atoms with Gasteiger partial charge in [0.25, 0.3) is 0 Å². The molecule has 708 valence electrons. The van der Waals surface area contributed by atoms with Crippen LogP contribution in [-0.2, 0) is 57.1 Å². The predicted molar refractivity (Wildman–Crippen MR) is 514 cm³/mol. The number of unbranched alkanes of at least 4 members (excludes halogenated alkanes) is 1. The van der Waals surface area contributed by atoms with Gasteiger partial charge in [-0.3, -0.25) is 19.2 Å². The fourth-order valence-corrected chi connectivity index (χ4v) is 27.2. The van der Waals surface area contributed by atoms with E-state index in [9.17, 15) is 19.2 Å². The van der Waals surface area contributed by atoms with Crippen molar-refractivity contribution in [3.8, 4) is 0 Å². The molecule has 8 saturated carbocycles. The number of ether oxygens (including phenoxy) is 8.